The summed E-state index contributed by atoms with van der Waals surface area (Å²) in [5.41, 5.74) is 7.72. The zero-order chi connectivity index (χ0) is 48.0. The molecule has 19 nitrogen and oxygen atoms in total. The van der Waals surface area contributed by atoms with Crippen LogP contribution in [0.4, 0.5) is 0 Å². The van der Waals surface area contributed by atoms with Crippen LogP contribution in [0.2, 0.25) is 0 Å². The maximum absolute atomic E-state index is 14.5. The number of aliphatic carboxylic acids is 2. The number of rotatable bonds is 22. The Kier molecular flexibility index (Phi) is 19.0. The van der Waals surface area contributed by atoms with Gasteiger partial charge in [0.25, 0.3) is 0 Å². The molecule has 65 heavy (non-hydrogen) atoms. The van der Waals surface area contributed by atoms with Crippen molar-refractivity contribution < 1.29 is 53.4 Å². The van der Waals surface area contributed by atoms with Gasteiger partial charge in [-0.05, 0) is 68.4 Å². The lowest BCUT2D eigenvalue weighted by Gasteiger charge is -2.32. The molecule has 0 radical (unpaired) electrons. The summed E-state index contributed by atoms with van der Waals surface area (Å²) in [5, 5.41) is 32.1. The third-order valence-corrected chi connectivity index (χ3v) is 11.7. The first-order chi connectivity index (χ1) is 30.8. The SMILES string of the molecule is CC(C)[C@H](NC(=O)[C@H](CCC(=O)O)NC(=O)[C@@H]1CCCN1C(=O)[C@H](Cc1ccccc1)NC(=O)[C@@H]1CCCN1C(=O)[C@H](C)NC(=O)[C@@H](NC(=O)[C@@H](N)Cc1ccccc1)C(C)C)C(=O)O. The Morgan fingerprint density at radius 1 is 0.600 bits per heavy atom. The molecule has 2 aliphatic heterocycles. The highest BCUT2D eigenvalue weighted by molar-refractivity contribution is 5.98. The molecule has 2 fully saturated rings. The summed E-state index contributed by atoms with van der Waals surface area (Å²) in [6, 6.07) is 8.99. The summed E-state index contributed by atoms with van der Waals surface area (Å²) in [7, 11) is 0. The number of benzene rings is 2. The molecule has 9 N–H and O–H groups in total. The molecule has 0 saturated carbocycles. The van der Waals surface area contributed by atoms with Crippen molar-refractivity contribution >= 4 is 53.3 Å². The molecule has 7 amide bonds. The molecule has 2 aromatic carbocycles. The van der Waals surface area contributed by atoms with E-state index in [1.54, 1.807) is 58.0 Å². The van der Waals surface area contributed by atoms with Gasteiger partial charge in [-0.25, -0.2) is 4.79 Å². The van der Waals surface area contributed by atoms with E-state index in [-0.39, 0.29) is 51.1 Å². The number of carbonyl (C=O) groups is 9. The molecule has 2 saturated heterocycles. The molecule has 8 atom stereocenters. The van der Waals surface area contributed by atoms with Gasteiger partial charge < -0.3 is 52.3 Å². The molecule has 19 heteroatoms. The molecule has 0 aromatic heterocycles. The summed E-state index contributed by atoms with van der Waals surface area (Å²) in [4.78, 5) is 122. The molecule has 2 heterocycles. The fourth-order valence-electron chi connectivity index (χ4n) is 8.07. The van der Waals surface area contributed by atoms with Crippen LogP contribution in [0.1, 0.15) is 84.3 Å². The first-order valence-electron chi connectivity index (χ1n) is 22.2. The number of hydrogen-bond acceptors (Lipinski definition) is 10. The van der Waals surface area contributed by atoms with Crippen LogP contribution in [0.3, 0.4) is 0 Å². The zero-order valence-electron chi connectivity index (χ0n) is 37.7. The molecule has 4 rings (SSSR count). The van der Waals surface area contributed by atoms with E-state index in [1.807, 2.05) is 30.3 Å². The minimum Gasteiger partial charge on any atom is -0.481 e. The maximum atomic E-state index is 14.5. The molecule has 2 aliphatic rings. The minimum absolute atomic E-state index is 0.0239. The van der Waals surface area contributed by atoms with Gasteiger partial charge in [0.2, 0.25) is 41.4 Å². The average Bonchev–Trinajstić information content (AvgIpc) is 3.97. The van der Waals surface area contributed by atoms with Gasteiger partial charge in [-0.1, -0.05) is 88.4 Å². The third-order valence-electron chi connectivity index (χ3n) is 11.7. The molecular weight excluding hydrogens is 841 g/mol. The molecule has 0 bridgehead atoms. The number of nitrogens with one attached hydrogen (secondary N) is 5. The topological polar surface area (TPSA) is 287 Å². The highest BCUT2D eigenvalue weighted by Gasteiger charge is 2.42. The summed E-state index contributed by atoms with van der Waals surface area (Å²) in [6.45, 7) is 8.46. The zero-order valence-corrected chi connectivity index (χ0v) is 37.7. The fraction of sp³-hybridized carbons (Fsp3) is 0.543. The summed E-state index contributed by atoms with van der Waals surface area (Å²) in [5.74, 6) is -7.97. The first kappa shape index (κ1) is 51.3. The van der Waals surface area contributed by atoms with Crippen LogP contribution in [0.25, 0.3) is 0 Å². The summed E-state index contributed by atoms with van der Waals surface area (Å²) in [6.07, 6.45) is 0.737. The number of carboxylic acids is 2. The molecule has 0 aliphatic carbocycles. The molecule has 0 spiro atoms. The first-order valence-corrected chi connectivity index (χ1v) is 22.2. The van der Waals surface area contributed by atoms with Crippen LogP contribution >= 0.6 is 0 Å². The van der Waals surface area contributed by atoms with Crippen molar-refractivity contribution in [3.8, 4) is 0 Å². The van der Waals surface area contributed by atoms with E-state index in [0.717, 1.165) is 5.56 Å². The smallest absolute Gasteiger partial charge is 0.326 e. The van der Waals surface area contributed by atoms with E-state index < -0.39 is 114 Å². The number of amides is 7. The predicted octanol–water partition coefficient (Wildman–Crippen LogP) is 0.486. The third kappa shape index (κ3) is 14.6. The number of hydrogen-bond donors (Lipinski definition) is 8. The normalized spacial score (nSPS) is 18.7. The lowest BCUT2D eigenvalue weighted by Crippen LogP contribution is -2.60. The Labute approximate surface area is 379 Å². The molecule has 0 unspecified atom stereocenters. The van der Waals surface area contributed by atoms with Gasteiger partial charge in [-0.3, -0.25) is 38.4 Å². The van der Waals surface area contributed by atoms with Crippen molar-refractivity contribution in [2.24, 2.45) is 17.6 Å². The van der Waals surface area contributed by atoms with Gasteiger partial charge in [0, 0.05) is 25.9 Å². The largest absolute Gasteiger partial charge is 0.481 e. The average molecular weight is 905 g/mol. The van der Waals surface area contributed by atoms with E-state index in [0.29, 0.717) is 18.4 Å². The Balaban J connectivity index is 1.46. The fourth-order valence-corrected chi connectivity index (χ4v) is 8.07. The van der Waals surface area contributed by atoms with Crippen LogP contribution < -0.4 is 32.3 Å². The number of nitrogens with zero attached hydrogens (tertiary/aromatic N) is 2. The summed E-state index contributed by atoms with van der Waals surface area (Å²) >= 11 is 0. The van der Waals surface area contributed by atoms with Gasteiger partial charge in [-0.15, -0.1) is 0 Å². The monoisotopic (exact) mass is 904 g/mol. The van der Waals surface area contributed by atoms with Gasteiger partial charge in [0.15, 0.2) is 0 Å². The maximum Gasteiger partial charge on any atom is 0.326 e. The molecular formula is C46H64N8O11. The van der Waals surface area contributed by atoms with Crippen molar-refractivity contribution in [2.75, 3.05) is 13.1 Å². The Hall–Kier alpha value is -6.37. The van der Waals surface area contributed by atoms with Crippen molar-refractivity contribution in [3.63, 3.8) is 0 Å². The molecule has 354 valence electrons. The van der Waals surface area contributed by atoms with Gasteiger partial charge >= 0.3 is 11.9 Å². The Bertz CT molecular complexity index is 2020. The quantitative estimate of drug-likeness (QED) is 0.0802. The standard InChI is InChI=1S/C46H64N8O11/c1-26(2)37(51-39(57)31(47)24-29-14-8-6-9-15-29)43(61)48-28(5)44(62)53-22-12-18-34(53)42(60)50-33(25-30-16-10-7-11-17-30)45(63)54-23-13-19-35(54)41(59)49-32(20-21-36(55)56)40(58)52-38(27(3)4)46(64)65/h6-11,14-17,26-28,31-35,37-38H,12-13,18-25,47H2,1-5H3,(H,48,61)(H,49,59)(H,50,60)(H,51,57)(H,52,58)(H,55,56)(H,64,65)/t28-,31-,32-,33-,34-,35-,37-,38-/m0/s1. The van der Waals surface area contributed by atoms with E-state index in [9.17, 15) is 53.4 Å². The number of likely N-dealkylation sites (tertiary alicyclic amines) is 2. The van der Waals surface area contributed by atoms with Gasteiger partial charge in [-0.2, -0.15) is 0 Å². The lowest BCUT2D eigenvalue weighted by atomic mass is 10.0. The second kappa shape index (κ2) is 24.1. The highest BCUT2D eigenvalue weighted by atomic mass is 16.4. The highest BCUT2D eigenvalue weighted by Crippen LogP contribution is 2.23. The van der Waals surface area contributed by atoms with Crippen molar-refractivity contribution in [3.05, 3.63) is 71.8 Å². The van der Waals surface area contributed by atoms with Gasteiger partial charge in [0.1, 0.15) is 42.3 Å². The van der Waals surface area contributed by atoms with Crippen LogP contribution in [0.5, 0.6) is 0 Å². The number of nitrogens with two attached hydrogens (primary N) is 1. The number of carboxylic acid groups (broad SMARTS) is 2. The Morgan fingerprint density at radius 3 is 1.57 bits per heavy atom. The van der Waals surface area contributed by atoms with Crippen molar-refractivity contribution in [1.29, 1.82) is 0 Å². The number of carbonyl (C=O) groups excluding carboxylic acids is 7. The van der Waals surface area contributed by atoms with E-state index in [1.165, 1.54) is 16.7 Å². The predicted molar refractivity (Wildman–Crippen MR) is 237 cm³/mol. The second-order valence-corrected chi connectivity index (χ2v) is 17.4. The van der Waals surface area contributed by atoms with Gasteiger partial charge in [0.05, 0.1) is 6.04 Å². The second-order valence-electron chi connectivity index (χ2n) is 17.4. The van der Waals surface area contributed by atoms with Crippen LogP contribution in [0, 0.1) is 11.8 Å². The lowest BCUT2D eigenvalue weighted by molar-refractivity contribution is -0.145. The van der Waals surface area contributed by atoms with E-state index in [2.05, 4.69) is 26.6 Å². The van der Waals surface area contributed by atoms with Crippen LogP contribution in [0.15, 0.2) is 60.7 Å². The van der Waals surface area contributed by atoms with Crippen LogP contribution in [-0.2, 0) is 56.0 Å². The van der Waals surface area contributed by atoms with Crippen molar-refractivity contribution in [1.82, 2.24) is 36.4 Å². The van der Waals surface area contributed by atoms with E-state index in [4.69, 9.17) is 5.73 Å². The Morgan fingerprint density at radius 2 is 1.08 bits per heavy atom. The minimum atomic E-state index is -1.42. The van der Waals surface area contributed by atoms with E-state index >= 15 is 0 Å². The van der Waals surface area contributed by atoms with Crippen LogP contribution in [-0.4, -0.2) is 135 Å². The summed E-state index contributed by atoms with van der Waals surface area (Å²) < 4.78 is 0. The van der Waals surface area contributed by atoms with Crippen molar-refractivity contribution in [2.45, 2.75) is 134 Å². The molecule has 2 aromatic rings.